The fourth-order valence-electron chi connectivity index (χ4n) is 1.89. The molecule has 0 aliphatic heterocycles. The first-order chi connectivity index (χ1) is 7.06. The molecule has 0 saturated carbocycles. The molecule has 2 aromatic rings. The lowest BCUT2D eigenvalue weighted by Crippen LogP contribution is -2.17. The van der Waals surface area contributed by atoms with Crippen molar-refractivity contribution < 1.29 is 0 Å². The van der Waals surface area contributed by atoms with Gasteiger partial charge in [-0.25, -0.2) is 4.52 Å². The van der Waals surface area contributed by atoms with Crippen LogP contribution in [-0.4, -0.2) is 14.6 Å². The van der Waals surface area contributed by atoms with Gasteiger partial charge in [-0.2, -0.15) is 5.10 Å². The second-order valence-corrected chi connectivity index (χ2v) is 3.84. The van der Waals surface area contributed by atoms with Crippen LogP contribution in [-0.2, 0) is 6.42 Å². The van der Waals surface area contributed by atoms with E-state index in [-0.39, 0.29) is 5.56 Å². The molecule has 2 heterocycles. The first kappa shape index (κ1) is 9.96. The van der Waals surface area contributed by atoms with Crippen LogP contribution >= 0.6 is 0 Å². The summed E-state index contributed by atoms with van der Waals surface area (Å²) in [6.07, 6.45) is 0.731. The van der Waals surface area contributed by atoms with Crippen LogP contribution in [0.25, 0.3) is 5.65 Å². The Kier molecular flexibility index (Phi) is 2.14. The zero-order valence-corrected chi connectivity index (χ0v) is 9.51. The van der Waals surface area contributed by atoms with Gasteiger partial charge in [0.25, 0.3) is 5.56 Å². The van der Waals surface area contributed by atoms with E-state index in [0.29, 0.717) is 0 Å². The van der Waals surface area contributed by atoms with E-state index in [0.717, 1.165) is 34.6 Å². The van der Waals surface area contributed by atoms with E-state index < -0.39 is 0 Å². The van der Waals surface area contributed by atoms with Crippen LogP contribution in [0.15, 0.2) is 4.79 Å². The zero-order chi connectivity index (χ0) is 11.2. The SMILES string of the molecule is CCc1c(C)n2nc(C)c(C)c2[nH]c1=O. The van der Waals surface area contributed by atoms with Crippen molar-refractivity contribution in [2.24, 2.45) is 0 Å². The Morgan fingerprint density at radius 1 is 1.33 bits per heavy atom. The molecule has 80 valence electrons. The number of H-pyrrole nitrogens is 1. The summed E-state index contributed by atoms with van der Waals surface area (Å²) in [5.74, 6) is 0. The summed E-state index contributed by atoms with van der Waals surface area (Å²) in [5.41, 5.74) is 4.56. The van der Waals surface area contributed by atoms with Gasteiger partial charge in [0, 0.05) is 16.8 Å². The van der Waals surface area contributed by atoms with Gasteiger partial charge in [0.15, 0.2) is 0 Å². The Labute approximate surface area is 87.9 Å². The van der Waals surface area contributed by atoms with Crippen molar-refractivity contribution in [2.45, 2.75) is 34.1 Å². The Morgan fingerprint density at radius 3 is 2.60 bits per heavy atom. The molecule has 2 aromatic heterocycles. The minimum absolute atomic E-state index is 0.00509. The van der Waals surface area contributed by atoms with Gasteiger partial charge in [-0.1, -0.05) is 6.92 Å². The van der Waals surface area contributed by atoms with Gasteiger partial charge in [0.1, 0.15) is 5.65 Å². The highest BCUT2D eigenvalue weighted by Crippen LogP contribution is 2.13. The van der Waals surface area contributed by atoms with E-state index in [9.17, 15) is 4.79 Å². The summed E-state index contributed by atoms with van der Waals surface area (Å²) in [6.45, 7) is 7.84. The molecule has 0 atom stereocenters. The molecule has 1 N–H and O–H groups in total. The maximum Gasteiger partial charge on any atom is 0.254 e. The van der Waals surface area contributed by atoms with Crippen molar-refractivity contribution in [3.63, 3.8) is 0 Å². The molecule has 4 nitrogen and oxygen atoms in total. The number of rotatable bonds is 1. The Bertz CT molecular complexity index is 578. The van der Waals surface area contributed by atoms with Crippen LogP contribution < -0.4 is 5.56 Å². The third-order valence-electron chi connectivity index (χ3n) is 2.97. The van der Waals surface area contributed by atoms with Crippen LogP contribution in [0.2, 0.25) is 0 Å². The molecule has 0 fully saturated rings. The second-order valence-electron chi connectivity index (χ2n) is 3.84. The highest BCUT2D eigenvalue weighted by atomic mass is 16.1. The van der Waals surface area contributed by atoms with E-state index in [1.165, 1.54) is 0 Å². The lowest BCUT2D eigenvalue weighted by atomic mass is 10.2. The molecule has 0 unspecified atom stereocenters. The summed E-state index contributed by atoms with van der Waals surface area (Å²) >= 11 is 0. The fourth-order valence-corrected chi connectivity index (χ4v) is 1.89. The molecule has 0 saturated heterocycles. The van der Waals surface area contributed by atoms with Gasteiger partial charge >= 0.3 is 0 Å². The molecule has 0 aromatic carbocycles. The van der Waals surface area contributed by atoms with Crippen molar-refractivity contribution in [1.82, 2.24) is 14.6 Å². The molecule has 15 heavy (non-hydrogen) atoms. The number of hydrogen-bond donors (Lipinski definition) is 1. The van der Waals surface area contributed by atoms with Gasteiger partial charge < -0.3 is 4.98 Å². The highest BCUT2D eigenvalue weighted by molar-refractivity contribution is 5.50. The summed E-state index contributed by atoms with van der Waals surface area (Å²) in [4.78, 5) is 14.6. The quantitative estimate of drug-likeness (QED) is 0.767. The average Bonchev–Trinajstić information content (AvgIpc) is 2.46. The van der Waals surface area contributed by atoms with E-state index in [1.54, 1.807) is 0 Å². The second kappa shape index (κ2) is 3.22. The van der Waals surface area contributed by atoms with E-state index in [1.807, 2.05) is 32.2 Å². The summed E-state index contributed by atoms with van der Waals surface area (Å²) in [5, 5.41) is 4.41. The first-order valence-electron chi connectivity index (χ1n) is 5.14. The Balaban J connectivity index is 2.97. The number of nitrogens with zero attached hydrogens (tertiary/aromatic N) is 2. The molecule has 0 bridgehead atoms. The Morgan fingerprint density at radius 2 is 2.00 bits per heavy atom. The topological polar surface area (TPSA) is 50.2 Å². The molecule has 0 aliphatic carbocycles. The number of fused-ring (bicyclic) bond motifs is 1. The summed E-state index contributed by atoms with van der Waals surface area (Å²) in [6, 6.07) is 0. The first-order valence-corrected chi connectivity index (χ1v) is 5.14. The van der Waals surface area contributed by atoms with Crippen LogP contribution in [0.1, 0.15) is 29.4 Å². The maximum atomic E-state index is 11.7. The van der Waals surface area contributed by atoms with E-state index in [2.05, 4.69) is 10.1 Å². The van der Waals surface area contributed by atoms with Gasteiger partial charge in [-0.3, -0.25) is 4.79 Å². The summed E-state index contributed by atoms with van der Waals surface area (Å²) < 4.78 is 1.82. The normalized spacial score (nSPS) is 11.2. The Hall–Kier alpha value is -1.58. The van der Waals surface area contributed by atoms with Crippen LogP contribution in [0.4, 0.5) is 0 Å². The maximum absolute atomic E-state index is 11.7. The lowest BCUT2D eigenvalue weighted by molar-refractivity contribution is 0.840. The minimum atomic E-state index is 0.00509. The van der Waals surface area contributed by atoms with Gasteiger partial charge in [0.2, 0.25) is 0 Å². The van der Waals surface area contributed by atoms with Crippen LogP contribution in [0.5, 0.6) is 0 Å². The molecular weight excluding hydrogens is 190 g/mol. The molecule has 0 spiro atoms. The van der Waals surface area contributed by atoms with E-state index >= 15 is 0 Å². The van der Waals surface area contributed by atoms with Gasteiger partial charge in [0.05, 0.1) is 5.69 Å². The monoisotopic (exact) mass is 205 g/mol. The van der Waals surface area contributed by atoms with Crippen molar-refractivity contribution >= 4 is 5.65 Å². The lowest BCUT2D eigenvalue weighted by Gasteiger charge is -2.04. The minimum Gasteiger partial charge on any atom is -0.306 e. The molecular formula is C11H15N3O. The zero-order valence-electron chi connectivity index (χ0n) is 9.51. The van der Waals surface area contributed by atoms with Crippen LogP contribution in [0, 0.1) is 20.8 Å². The van der Waals surface area contributed by atoms with Crippen molar-refractivity contribution in [3.8, 4) is 0 Å². The number of aromatic nitrogens is 3. The average molecular weight is 205 g/mol. The highest BCUT2D eigenvalue weighted by Gasteiger charge is 2.11. The molecule has 2 rings (SSSR count). The largest absolute Gasteiger partial charge is 0.306 e. The number of aryl methyl sites for hydroxylation is 3. The molecule has 0 aliphatic rings. The summed E-state index contributed by atoms with van der Waals surface area (Å²) in [7, 11) is 0. The third kappa shape index (κ3) is 1.28. The molecule has 0 radical (unpaired) electrons. The van der Waals surface area contributed by atoms with Crippen molar-refractivity contribution in [1.29, 1.82) is 0 Å². The predicted molar refractivity (Wildman–Crippen MR) is 59.4 cm³/mol. The predicted octanol–water partition coefficient (Wildman–Crippen LogP) is 1.51. The van der Waals surface area contributed by atoms with Crippen LogP contribution in [0.3, 0.4) is 0 Å². The van der Waals surface area contributed by atoms with E-state index in [4.69, 9.17) is 0 Å². The van der Waals surface area contributed by atoms with Crippen molar-refractivity contribution in [3.05, 3.63) is 32.9 Å². The van der Waals surface area contributed by atoms with Gasteiger partial charge in [-0.15, -0.1) is 0 Å². The number of hydrogen-bond acceptors (Lipinski definition) is 2. The molecule has 0 amide bonds. The van der Waals surface area contributed by atoms with Gasteiger partial charge in [-0.05, 0) is 27.2 Å². The smallest absolute Gasteiger partial charge is 0.254 e. The molecule has 4 heteroatoms. The fraction of sp³-hybridized carbons (Fsp3) is 0.455. The number of nitrogens with one attached hydrogen (secondary N) is 1. The van der Waals surface area contributed by atoms with Crippen molar-refractivity contribution in [2.75, 3.05) is 0 Å². The third-order valence-corrected chi connectivity index (χ3v) is 2.97. The number of aromatic amines is 1. The standard InChI is InChI=1S/C11H15N3O/c1-5-9-8(4)14-10(12-11(9)15)6(2)7(3)13-14/h5H2,1-4H3,(H,12,15).